The first-order valence-electron chi connectivity index (χ1n) is 8.52. The van der Waals surface area contributed by atoms with Crippen LogP contribution in [0.15, 0.2) is 63.2 Å². The lowest BCUT2D eigenvalue weighted by atomic mass is 9.98. The Morgan fingerprint density at radius 3 is 2.61 bits per heavy atom. The molecule has 7 heteroatoms. The average Bonchev–Trinajstić information content (AvgIpc) is 2.70. The van der Waals surface area contributed by atoms with Crippen molar-refractivity contribution in [2.45, 2.75) is 23.3 Å². The van der Waals surface area contributed by atoms with Gasteiger partial charge in [-0.15, -0.1) is 23.5 Å². The zero-order chi connectivity index (χ0) is 20.3. The maximum Gasteiger partial charge on any atom is 0.267 e. The third-order valence-corrected chi connectivity index (χ3v) is 6.19. The Bertz CT molecular complexity index is 1100. The molecule has 1 heterocycles. The van der Waals surface area contributed by atoms with Gasteiger partial charge in [0.25, 0.3) is 5.56 Å². The molecule has 0 N–H and O–H groups in total. The Kier molecular flexibility index (Phi) is 6.65. The Morgan fingerprint density at radius 2 is 1.93 bits per heavy atom. The number of aryl methyl sites for hydroxylation is 1. The molecule has 144 valence electrons. The molecular weight excluding hydrogens is 412 g/mol. The number of halogens is 1. The second kappa shape index (κ2) is 8.99. The lowest BCUT2D eigenvalue weighted by Crippen LogP contribution is -2.22. The highest BCUT2D eigenvalue weighted by molar-refractivity contribution is 7.99. The fraction of sp³-hybridized carbons (Fsp3) is 0.190. The third-order valence-electron chi connectivity index (χ3n) is 4.43. The molecular formula is C21H19ClN2O2S2. The minimum absolute atomic E-state index is 0.128. The van der Waals surface area contributed by atoms with E-state index in [4.69, 9.17) is 11.6 Å². The van der Waals surface area contributed by atoms with Crippen molar-refractivity contribution in [1.82, 2.24) is 9.78 Å². The summed E-state index contributed by atoms with van der Waals surface area (Å²) in [5.41, 5.74) is 2.73. The molecule has 0 radical (unpaired) electrons. The van der Waals surface area contributed by atoms with Crippen molar-refractivity contribution in [1.29, 1.82) is 0 Å². The number of carbonyl (C=O) groups excluding carboxylic acids is 1. The number of nitrogens with zero attached hydrogens (tertiary/aromatic N) is 2. The summed E-state index contributed by atoms with van der Waals surface area (Å²) >= 11 is 9.54. The normalized spacial score (nSPS) is 10.9. The summed E-state index contributed by atoms with van der Waals surface area (Å²) in [7, 11) is 0. The molecule has 0 fully saturated rings. The van der Waals surface area contributed by atoms with Crippen LogP contribution in [0, 0.1) is 6.92 Å². The highest BCUT2D eigenvalue weighted by atomic mass is 35.5. The summed E-state index contributed by atoms with van der Waals surface area (Å²) in [6, 6.07) is 12.4. The Hall–Kier alpha value is -2.02. The van der Waals surface area contributed by atoms with Gasteiger partial charge >= 0.3 is 0 Å². The third kappa shape index (κ3) is 4.35. The van der Waals surface area contributed by atoms with E-state index in [1.165, 1.54) is 22.5 Å². The molecule has 1 aromatic heterocycles. The summed E-state index contributed by atoms with van der Waals surface area (Å²) < 4.78 is 1.38. The number of thioether (sulfide) groups is 2. The molecule has 0 saturated heterocycles. The van der Waals surface area contributed by atoms with E-state index >= 15 is 0 Å². The van der Waals surface area contributed by atoms with Crippen LogP contribution in [0.3, 0.4) is 0 Å². The highest BCUT2D eigenvalue weighted by Gasteiger charge is 2.19. The SMILES string of the molecule is CSc1cc(Cl)c(C(=O)c2ccc(C)c(Cn3ncccc3=O)c2)c(SC)c1. The monoisotopic (exact) mass is 430 g/mol. The van der Waals surface area contributed by atoms with E-state index in [2.05, 4.69) is 5.10 Å². The molecule has 0 saturated carbocycles. The van der Waals surface area contributed by atoms with E-state index in [1.54, 1.807) is 30.1 Å². The molecule has 0 atom stereocenters. The highest BCUT2D eigenvalue weighted by Crippen LogP contribution is 2.34. The zero-order valence-electron chi connectivity index (χ0n) is 15.7. The summed E-state index contributed by atoms with van der Waals surface area (Å²) in [6.07, 6.45) is 5.48. The van der Waals surface area contributed by atoms with Crippen LogP contribution in [0.4, 0.5) is 0 Å². The minimum atomic E-state index is -0.181. The van der Waals surface area contributed by atoms with Gasteiger partial charge in [-0.2, -0.15) is 5.10 Å². The van der Waals surface area contributed by atoms with E-state index in [0.717, 1.165) is 20.9 Å². The molecule has 4 nitrogen and oxygen atoms in total. The van der Waals surface area contributed by atoms with Crippen LogP contribution in [0.1, 0.15) is 27.0 Å². The molecule has 3 rings (SSSR count). The van der Waals surface area contributed by atoms with Gasteiger partial charge in [-0.25, -0.2) is 4.68 Å². The van der Waals surface area contributed by atoms with Crippen molar-refractivity contribution in [2.75, 3.05) is 12.5 Å². The van der Waals surface area contributed by atoms with Gasteiger partial charge in [-0.05, 0) is 54.8 Å². The Labute approximate surface area is 177 Å². The molecule has 0 amide bonds. The number of hydrogen-bond acceptors (Lipinski definition) is 5. The molecule has 0 aliphatic carbocycles. The second-order valence-corrected chi connectivity index (χ2v) is 8.31. The van der Waals surface area contributed by atoms with E-state index < -0.39 is 0 Å². The van der Waals surface area contributed by atoms with Crippen molar-refractivity contribution >= 4 is 40.9 Å². The number of rotatable bonds is 6. The number of carbonyl (C=O) groups is 1. The van der Waals surface area contributed by atoms with E-state index in [0.29, 0.717) is 22.7 Å². The van der Waals surface area contributed by atoms with Crippen LogP contribution >= 0.6 is 35.1 Å². The summed E-state index contributed by atoms with van der Waals surface area (Å²) in [4.78, 5) is 27.1. The van der Waals surface area contributed by atoms with Crippen LogP contribution in [0.5, 0.6) is 0 Å². The van der Waals surface area contributed by atoms with Gasteiger partial charge in [0.15, 0.2) is 5.78 Å². The van der Waals surface area contributed by atoms with E-state index in [1.807, 2.05) is 43.7 Å². The van der Waals surface area contributed by atoms with Crippen LogP contribution in [-0.4, -0.2) is 28.1 Å². The maximum absolute atomic E-state index is 13.2. The van der Waals surface area contributed by atoms with Gasteiger partial charge in [0.1, 0.15) is 0 Å². The van der Waals surface area contributed by atoms with Gasteiger partial charge in [-0.3, -0.25) is 9.59 Å². The fourth-order valence-electron chi connectivity index (χ4n) is 2.85. The van der Waals surface area contributed by atoms with Gasteiger partial charge in [0.2, 0.25) is 0 Å². The van der Waals surface area contributed by atoms with E-state index in [9.17, 15) is 9.59 Å². The first kappa shape index (κ1) is 20.7. The van der Waals surface area contributed by atoms with Gasteiger partial charge in [0.05, 0.1) is 17.1 Å². The van der Waals surface area contributed by atoms with Crippen molar-refractivity contribution in [3.05, 3.63) is 86.3 Å². The molecule has 0 spiro atoms. The van der Waals surface area contributed by atoms with Crippen molar-refractivity contribution < 1.29 is 4.79 Å². The quantitative estimate of drug-likeness (QED) is 0.410. The maximum atomic E-state index is 13.2. The van der Waals surface area contributed by atoms with Gasteiger partial charge in [-0.1, -0.05) is 23.7 Å². The molecule has 0 aliphatic heterocycles. The predicted octanol–water partition coefficient (Wildman–Crippen LogP) is 4.93. The number of hydrogen-bond donors (Lipinski definition) is 0. The largest absolute Gasteiger partial charge is 0.289 e. The lowest BCUT2D eigenvalue weighted by Gasteiger charge is -2.13. The summed E-state index contributed by atoms with van der Waals surface area (Å²) in [5, 5.41) is 4.55. The number of aromatic nitrogens is 2. The summed E-state index contributed by atoms with van der Waals surface area (Å²) in [5.74, 6) is -0.128. The fourth-order valence-corrected chi connectivity index (χ4v) is 4.48. The van der Waals surface area contributed by atoms with Crippen molar-refractivity contribution in [2.24, 2.45) is 0 Å². The Balaban J connectivity index is 2.02. The number of ketones is 1. The van der Waals surface area contributed by atoms with Crippen molar-refractivity contribution in [3.8, 4) is 0 Å². The molecule has 0 bridgehead atoms. The first-order chi connectivity index (χ1) is 13.4. The molecule has 2 aromatic carbocycles. The predicted molar refractivity (Wildman–Crippen MR) is 117 cm³/mol. The topological polar surface area (TPSA) is 52.0 Å². The van der Waals surface area contributed by atoms with Gasteiger partial charge < -0.3 is 0 Å². The van der Waals surface area contributed by atoms with Crippen LogP contribution in [0.2, 0.25) is 5.02 Å². The lowest BCUT2D eigenvalue weighted by molar-refractivity contribution is 0.103. The van der Waals surface area contributed by atoms with Crippen LogP contribution in [-0.2, 0) is 6.54 Å². The van der Waals surface area contributed by atoms with Crippen molar-refractivity contribution in [3.63, 3.8) is 0 Å². The zero-order valence-corrected chi connectivity index (χ0v) is 18.1. The second-order valence-electron chi connectivity index (χ2n) is 6.18. The smallest absolute Gasteiger partial charge is 0.267 e. The van der Waals surface area contributed by atoms with Crippen LogP contribution in [0.25, 0.3) is 0 Å². The van der Waals surface area contributed by atoms with E-state index in [-0.39, 0.29) is 11.3 Å². The summed E-state index contributed by atoms with van der Waals surface area (Å²) in [6.45, 7) is 2.26. The first-order valence-corrected chi connectivity index (χ1v) is 11.3. The standard InChI is InChI=1S/C21H19ClN2O2S2/c1-13-6-7-14(9-15(13)12-24-19(25)5-4-8-23-24)21(26)20-17(22)10-16(27-2)11-18(20)28-3/h4-11H,12H2,1-3H3. The minimum Gasteiger partial charge on any atom is -0.289 e. The molecule has 28 heavy (non-hydrogen) atoms. The molecule has 0 unspecified atom stereocenters. The Morgan fingerprint density at radius 1 is 1.14 bits per heavy atom. The van der Waals surface area contributed by atoms with Crippen LogP contribution < -0.4 is 5.56 Å². The van der Waals surface area contributed by atoms with Gasteiger partial charge in [0, 0.05) is 27.6 Å². The molecule has 3 aromatic rings. The molecule has 0 aliphatic rings. The number of benzene rings is 2. The average molecular weight is 431 g/mol.